The fourth-order valence-electron chi connectivity index (χ4n) is 3.53. The van der Waals surface area contributed by atoms with Gasteiger partial charge in [0.1, 0.15) is 16.8 Å². The number of thioether (sulfide) groups is 1. The molecule has 7 heteroatoms. The second-order valence-corrected chi connectivity index (χ2v) is 8.73. The molecule has 0 spiro atoms. The number of carbonyl (C=O) groups is 2. The lowest BCUT2D eigenvalue weighted by atomic mass is 9.98. The Kier molecular flexibility index (Phi) is 5.97. The molecule has 32 heavy (non-hydrogen) atoms. The maximum Gasteiger partial charge on any atom is 0.242 e. The van der Waals surface area contributed by atoms with Crippen LogP contribution < -0.4 is 4.74 Å². The molecular weight excluding hydrogens is 422 g/mol. The number of carbonyl (C=O) groups excluding carboxylic acids is 2. The van der Waals surface area contributed by atoms with Crippen molar-refractivity contribution in [1.29, 1.82) is 5.26 Å². The molecule has 2 aromatic carbocycles. The SMILES string of the molecule is COc1ccc(-c2cc(-c3ccc(C)cc3)c(C#N)c(SC3CC(=O)N(C)C3=O)n2)cc1. The summed E-state index contributed by atoms with van der Waals surface area (Å²) in [6, 6.07) is 19.6. The van der Waals surface area contributed by atoms with Crippen LogP contribution in [-0.4, -0.2) is 41.1 Å². The highest BCUT2D eigenvalue weighted by atomic mass is 32.2. The van der Waals surface area contributed by atoms with Crippen molar-refractivity contribution in [3.8, 4) is 34.2 Å². The van der Waals surface area contributed by atoms with Gasteiger partial charge in [0.05, 0.1) is 23.6 Å². The van der Waals surface area contributed by atoms with Gasteiger partial charge in [-0.05, 0) is 42.8 Å². The van der Waals surface area contributed by atoms with E-state index in [0.29, 0.717) is 16.3 Å². The Balaban J connectivity index is 1.85. The maximum absolute atomic E-state index is 12.5. The Morgan fingerprint density at radius 3 is 2.31 bits per heavy atom. The number of rotatable bonds is 5. The molecule has 0 radical (unpaired) electrons. The van der Waals surface area contributed by atoms with Crippen LogP contribution in [0.25, 0.3) is 22.4 Å². The molecular formula is C25H21N3O3S. The molecule has 1 aliphatic rings. The van der Waals surface area contributed by atoms with Crippen LogP contribution in [0, 0.1) is 18.3 Å². The molecule has 1 unspecified atom stereocenters. The van der Waals surface area contributed by atoms with Crippen molar-refractivity contribution >= 4 is 23.6 Å². The number of likely N-dealkylation sites (tertiary alicyclic amines) is 1. The van der Waals surface area contributed by atoms with E-state index in [1.165, 1.54) is 18.8 Å². The Morgan fingerprint density at radius 1 is 1.09 bits per heavy atom. The van der Waals surface area contributed by atoms with E-state index in [9.17, 15) is 14.9 Å². The molecule has 1 saturated heterocycles. The fraction of sp³-hybridized carbons (Fsp3) is 0.200. The van der Waals surface area contributed by atoms with Gasteiger partial charge in [-0.1, -0.05) is 41.6 Å². The zero-order valence-corrected chi connectivity index (χ0v) is 18.8. The van der Waals surface area contributed by atoms with Crippen LogP contribution >= 0.6 is 11.8 Å². The van der Waals surface area contributed by atoms with Gasteiger partial charge in [0.2, 0.25) is 11.8 Å². The molecule has 0 N–H and O–H groups in total. The van der Waals surface area contributed by atoms with Crippen LogP contribution in [0.15, 0.2) is 59.6 Å². The molecule has 2 heterocycles. The number of hydrogen-bond acceptors (Lipinski definition) is 6. The molecule has 0 aliphatic carbocycles. The first-order valence-corrected chi connectivity index (χ1v) is 10.9. The summed E-state index contributed by atoms with van der Waals surface area (Å²) in [6.07, 6.45) is 0.0964. The quantitative estimate of drug-likeness (QED) is 0.542. The summed E-state index contributed by atoms with van der Waals surface area (Å²) in [5.41, 5.74) is 4.67. The number of nitrogens with zero attached hydrogens (tertiary/aromatic N) is 3. The van der Waals surface area contributed by atoms with E-state index in [1.807, 2.05) is 61.5 Å². The summed E-state index contributed by atoms with van der Waals surface area (Å²) in [7, 11) is 3.09. The monoisotopic (exact) mass is 443 g/mol. The molecule has 1 aliphatic heterocycles. The molecule has 0 bridgehead atoms. The van der Waals surface area contributed by atoms with Crippen molar-refractivity contribution in [3.05, 3.63) is 65.7 Å². The Morgan fingerprint density at radius 2 is 1.75 bits per heavy atom. The molecule has 1 aromatic heterocycles. The van der Waals surface area contributed by atoms with Crippen molar-refractivity contribution in [1.82, 2.24) is 9.88 Å². The van der Waals surface area contributed by atoms with Gasteiger partial charge in [-0.2, -0.15) is 5.26 Å². The van der Waals surface area contributed by atoms with Gasteiger partial charge in [0, 0.05) is 24.6 Å². The lowest BCUT2D eigenvalue weighted by molar-refractivity contribution is -0.136. The molecule has 3 aromatic rings. The average Bonchev–Trinajstić information content (AvgIpc) is 3.05. The second kappa shape index (κ2) is 8.85. The van der Waals surface area contributed by atoms with Crippen LogP contribution in [0.2, 0.25) is 0 Å². The zero-order valence-electron chi connectivity index (χ0n) is 18.0. The molecule has 2 amide bonds. The zero-order chi connectivity index (χ0) is 22.8. The minimum absolute atomic E-state index is 0.0964. The number of hydrogen-bond donors (Lipinski definition) is 0. The highest BCUT2D eigenvalue weighted by Gasteiger charge is 2.37. The topological polar surface area (TPSA) is 83.3 Å². The van der Waals surface area contributed by atoms with Crippen LogP contribution in [0.5, 0.6) is 5.75 Å². The van der Waals surface area contributed by atoms with Gasteiger partial charge >= 0.3 is 0 Å². The van der Waals surface area contributed by atoms with Crippen LogP contribution in [0.3, 0.4) is 0 Å². The predicted octanol–water partition coefficient (Wildman–Crippen LogP) is 4.45. The molecule has 0 saturated carbocycles. The first-order chi connectivity index (χ1) is 15.4. The van der Waals surface area contributed by atoms with E-state index >= 15 is 0 Å². The summed E-state index contributed by atoms with van der Waals surface area (Å²) < 4.78 is 5.25. The van der Waals surface area contributed by atoms with E-state index in [4.69, 9.17) is 9.72 Å². The third kappa shape index (κ3) is 4.10. The minimum atomic E-state index is -0.593. The Hall–Kier alpha value is -3.63. The summed E-state index contributed by atoms with van der Waals surface area (Å²) in [6.45, 7) is 2.00. The summed E-state index contributed by atoms with van der Waals surface area (Å²) in [4.78, 5) is 30.4. The highest BCUT2D eigenvalue weighted by molar-refractivity contribution is 8.00. The molecule has 1 atom stereocenters. The first kappa shape index (κ1) is 21.6. The number of amides is 2. The number of ether oxygens (including phenoxy) is 1. The largest absolute Gasteiger partial charge is 0.497 e. The Bertz CT molecular complexity index is 1230. The molecule has 1 fully saturated rings. The van der Waals surface area contributed by atoms with Crippen molar-refractivity contribution in [2.75, 3.05) is 14.2 Å². The highest BCUT2D eigenvalue weighted by Crippen LogP contribution is 2.38. The predicted molar refractivity (Wildman–Crippen MR) is 123 cm³/mol. The van der Waals surface area contributed by atoms with Crippen LogP contribution in [0.4, 0.5) is 0 Å². The van der Waals surface area contributed by atoms with Crippen molar-refractivity contribution in [2.45, 2.75) is 23.6 Å². The van der Waals surface area contributed by atoms with Gasteiger partial charge < -0.3 is 4.74 Å². The van der Waals surface area contributed by atoms with E-state index in [-0.39, 0.29) is 18.2 Å². The Labute approximate surface area is 190 Å². The number of pyridine rings is 1. The number of methoxy groups -OCH3 is 1. The standard InChI is InChI=1S/C25H21N3O3S/c1-15-4-6-16(7-5-15)19-12-21(17-8-10-18(31-3)11-9-17)27-24(20(19)14-26)32-22-13-23(29)28(2)25(22)30/h4-12,22H,13H2,1-3H3. The second-order valence-electron chi connectivity index (χ2n) is 7.54. The molecule has 6 nitrogen and oxygen atoms in total. The van der Waals surface area contributed by atoms with Gasteiger partial charge in [-0.15, -0.1) is 0 Å². The van der Waals surface area contributed by atoms with E-state index in [1.54, 1.807) is 7.11 Å². The lowest BCUT2D eigenvalue weighted by Gasteiger charge is -2.15. The fourth-order valence-corrected chi connectivity index (χ4v) is 4.71. The van der Waals surface area contributed by atoms with E-state index < -0.39 is 5.25 Å². The molecule has 4 rings (SSSR count). The third-order valence-electron chi connectivity index (χ3n) is 5.44. The maximum atomic E-state index is 12.5. The summed E-state index contributed by atoms with van der Waals surface area (Å²) >= 11 is 1.18. The number of imide groups is 1. The van der Waals surface area contributed by atoms with E-state index in [0.717, 1.165) is 32.9 Å². The lowest BCUT2D eigenvalue weighted by Crippen LogP contribution is -2.26. The average molecular weight is 444 g/mol. The normalized spacial score (nSPS) is 15.7. The van der Waals surface area contributed by atoms with Gasteiger partial charge in [-0.25, -0.2) is 4.98 Å². The van der Waals surface area contributed by atoms with Crippen molar-refractivity contribution in [2.24, 2.45) is 0 Å². The number of aryl methyl sites for hydroxylation is 1. The van der Waals surface area contributed by atoms with Crippen molar-refractivity contribution in [3.63, 3.8) is 0 Å². The number of benzene rings is 2. The smallest absolute Gasteiger partial charge is 0.242 e. The number of aromatic nitrogens is 1. The summed E-state index contributed by atoms with van der Waals surface area (Å²) in [5, 5.41) is 9.86. The van der Waals surface area contributed by atoms with Gasteiger partial charge in [-0.3, -0.25) is 14.5 Å². The molecule has 160 valence electrons. The first-order valence-electron chi connectivity index (χ1n) is 10.0. The van der Waals surface area contributed by atoms with Gasteiger partial charge in [0.25, 0.3) is 0 Å². The minimum Gasteiger partial charge on any atom is -0.497 e. The summed E-state index contributed by atoms with van der Waals surface area (Å²) in [5.74, 6) is 0.238. The van der Waals surface area contributed by atoms with Crippen molar-refractivity contribution < 1.29 is 14.3 Å². The van der Waals surface area contributed by atoms with Gasteiger partial charge in [0.15, 0.2) is 0 Å². The van der Waals surface area contributed by atoms with E-state index in [2.05, 4.69) is 6.07 Å². The van der Waals surface area contributed by atoms with Crippen LogP contribution in [0.1, 0.15) is 17.5 Å². The number of nitriles is 1. The third-order valence-corrected chi connectivity index (χ3v) is 6.61. The van der Waals surface area contributed by atoms with Crippen LogP contribution in [-0.2, 0) is 9.59 Å².